The molecule has 1 heterocycles. The van der Waals surface area contributed by atoms with Crippen LogP contribution < -0.4 is 10.1 Å². The lowest BCUT2D eigenvalue weighted by molar-refractivity contribution is -0.117. The largest absolute Gasteiger partial charge is 0.497 e. The van der Waals surface area contributed by atoms with E-state index in [2.05, 4.69) is 10.2 Å². The summed E-state index contributed by atoms with van der Waals surface area (Å²) in [6.45, 7) is 1.03. The molecule has 0 bridgehead atoms. The minimum atomic E-state index is -3.39. The third-order valence-electron chi connectivity index (χ3n) is 5.35. The number of nitrogens with zero attached hydrogens (tertiary/aromatic N) is 1. The average Bonchev–Trinajstić information content (AvgIpc) is 2.94. The van der Waals surface area contributed by atoms with Gasteiger partial charge < -0.3 is 10.1 Å². The van der Waals surface area contributed by atoms with Crippen LogP contribution in [0.4, 0.5) is 5.69 Å². The number of anilines is 1. The minimum absolute atomic E-state index is 0.119. The maximum absolute atomic E-state index is 12.8. The van der Waals surface area contributed by atoms with Crippen LogP contribution in [0.1, 0.15) is 37.3 Å². The van der Waals surface area contributed by atoms with Gasteiger partial charge in [0.2, 0.25) is 5.91 Å². The van der Waals surface area contributed by atoms with E-state index in [-0.39, 0.29) is 23.4 Å². The highest BCUT2D eigenvalue weighted by Gasteiger charge is 2.25. The number of halogens is 1. The van der Waals surface area contributed by atoms with Crippen LogP contribution in [0.2, 0.25) is 5.02 Å². The first kappa shape index (κ1) is 22.6. The quantitative estimate of drug-likeness (QED) is 0.709. The number of likely N-dealkylation sites (tertiary alicyclic amines) is 1. The number of ether oxygens (including phenoxy) is 1. The first-order valence-corrected chi connectivity index (χ1v) is 12.2. The summed E-state index contributed by atoms with van der Waals surface area (Å²) in [7, 11) is -1.75. The Hall–Kier alpha value is -2.09. The third kappa shape index (κ3) is 5.74. The van der Waals surface area contributed by atoms with Gasteiger partial charge in [0.15, 0.2) is 9.84 Å². The lowest BCUT2D eigenvalue weighted by Crippen LogP contribution is -2.36. The molecule has 6 nitrogen and oxygen atoms in total. The minimum Gasteiger partial charge on any atom is -0.497 e. The number of hydrogen-bond acceptors (Lipinski definition) is 5. The summed E-state index contributed by atoms with van der Waals surface area (Å²) in [4.78, 5) is 15.1. The van der Waals surface area contributed by atoms with Crippen LogP contribution in [0.15, 0.2) is 47.4 Å². The fraction of sp³-hybridized carbons (Fsp3) is 0.409. The summed E-state index contributed by atoms with van der Waals surface area (Å²) in [5, 5.41) is 3.09. The van der Waals surface area contributed by atoms with Gasteiger partial charge in [-0.05, 0) is 55.3 Å². The molecule has 162 valence electrons. The standard InChI is InChI=1S/C22H27ClN2O4S/c1-29-17-9-7-16(8-10-17)21-6-4-3-5-13-25(21)15-22(26)24-20-14-18(30(2,27)28)11-12-19(20)23/h7-12,14,21H,3-6,13,15H2,1-2H3,(H,24,26)/t21-/m0/s1. The summed E-state index contributed by atoms with van der Waals surface area (Å²) in [5.41, 5.74) is 1.46. The molecule has 0 spiro atoms. The van der Waals surface area contributed by atoms with Crippen molar-refractivity contribution in [3.63, 3.8) is 0 Å². The van der Waals surface area contributed by atoms with Crippen molar-refractivity contribution in [2.45, 2.75) is 36.6 Å². The Morgan fingerprint density at radius 1 is 1.17 bits per heavy atom. The van der Waals surface area contributed by atoms with Crippen molar-refractivity contribution in [2.75, 3.05) is 31.8 Å². The summed E-state index contributed by atoms with van der Waals surface area (Å²) < 4.78 is 28.9. The maximum Gasteiger partial charge on any atom is 0.238 e. The van der Waals surface area contributed by atoms with Gasteiger partial charge in [0.05, 0.1) is 29.3 Å². The van der Waals surface area contributed by atoms with Crippen molar-refractivity contribution in [1.29, 1.82) is 0 Å². The molecule has 1 atom stereocenters. The molecule has 2 aromatic rings. The van der Waals surface area contributed by atoms with E-state index in [1.54, 1.807) is 7.11 Å². The lowest BCUT2D eigenvalue weighted by atomic mass is 10.0. The SMILES string of the molecule is COc1ccc([C@@H]2CCCCCN2CC(=O)Nc2cc(S(C)(=O)=O)ccc2Cl)cc1. The molecule has 1 aliphatic rings. The fourth-order valence-electron chi connectivity index (χ4n) is 3.77. The van der Waals surface area contributed by atoms with Gasteiger partial charge in [-0.1, -0.05) is 36.6 Å². The van der Waals surface area contributed by atoms with Gasteiger partial charge in [0, 0.05) is 12.3 Å². The Balaban J connectivity index is 1.76. The topological polar surface area (TPSA) is 75.7 Å². The van der Waals surface area contributed by atoms with Crippen molar-refractivity contribution in [1.82, 2.24) is 4.90 Å². The summed E-state index contributed by atoms with van der Waals surface area (Å²) in [5.74, 6) is 0.583. The summed E-state index contributed by atoms with van der Waals surface area (Å²) >= 11 is 6.18. The summed E-state index contributed by atoms with van der Waals surface area (Å²) in [6.07, 6.45) is 5.37. The van der Waals surface area contributed by atoms with Gasteiger partial charge >= 0.3 is 0 Å². The Kier molecular flexibility index (Phi) is 7.39. The molecule has 0 radical (unpaired) electrons. The van der Waals surface area contributed by atoms with Crippen LogP contribution in [0.25, 0.3) is 0 Å². The monoisotopic (exact) mass is 450 g/mol. The van der Waals surface area contributed by atoms with Gasteiger partial charge in [-0.3, -0.25) is 9.69 Å². The number of hydrogen-bond donors (Lipinski definition) is 1. The molecule has 0 unspecified atom stereocenters. The maximum atomic E-state index is 12.8. The normalized spacial score (nSPS) is 17.9. The predicted octanol–water partition coefficient (Wildman–Crippen LogP) is 4.31. The number of amides is 1. The molecule has 1 amide bonds. The molecule has 3 rings (SSSR count). The van der Waals surface area contributed by atoms with Gasteiger partial charge in [-0.25, -0.2) is 8.42 Å². The number of nitrogens with one attached hydrogen (secondary N) is 1. The van der Waals surface area contributed by atoms with Crippen LogP contribution in [0.5, 0.6) is 5.75 Å². The van der Waals surface area contributed by atoms with Crippen LogP contribution in [0.3, 0.4) is 0 Å². The molecule has 1 fully saturated rings. The van der Waals surface area contributed by atoms with E-state index >= 15 is 0 Å². The second-order valence-corrected chi connectivity index (χ2v) is 9.99. The van der Waals surface area contributed by atoms with Gasteiger partial charge in [-0.15, -0.1) is 0 Å². The molecular formula is C22H27ClN2O4S. The highest BCUT2D eigenvalue weighted by molar-refractivity contribution is 7.90. The van der Waals surface area contributed by atoms with Crippen molar-refractivity contribution in [3.8, 4) is 5.75 Å². The molecule has 1 saturated heterocycles. The van der Waals surface area contributed by atoms with Gasteiger partial charge in [0.25, 0.3) is 0 Å². The number of sulfone groups is 1. The van der Waals surface area contributed by atoms with Gasteiger partial charge in [0.1, 0.15) is 5.75 Å². The number of carbonyl (C=O) groups is 1. The van der Waals surface area contributed by atoms with Crippen molar-refractivity contribution in [2.24, 2.45) is 0 Å². The van der Waals surface area contributed by atoms with Crippen molar-refractivity contribution >= 4 is 33.0 Å². The number of rotatable bonds is 6. The molecule has 0 saturated carbocycles. The van der Waals surface area contributed by atoms with E-state index in [4.69, 9.17) is 16.3 Å². The smallest absolute Gasteiger partial charge is 0.238 e. The summed E-state index contributed by atoms with van der Waals surface area (Å²) in [6, 6.07) is 12.4. The molecule has 0 aromatic heterocycles. The van der Waals surface area contributed by atoms with Crippen LogP contribution in [-0.4, -0.2) is 45.7 Å². The molecule has 30 heavy (non-hydrogen) atoms. The first-order chi connectivity index (χ1) is 14.3. The molecule has 0 aliphatic carbocycles. The Morgan fingerprint density at radius 2 is 1.90 bits per heavy atom. The lowest BCUT2D eigenvalue weighted by Gasteiger charge is -2.30. The van der Waals surface area contributed by atoms with Crippen LogP contribution >= 0.6 is 11.6 Å². The zero-order chi connectivity index (χ0) is 21.7. The second-order valence-electron chi connectivity index (χ2n) is 7.57. The zero-order valence-electron chi connectivity index (χ0n) is 17.2. The van der Waals surface area contributed by atoms with E-state index in [0.717, 1.165) is 49.8 Å². The Labute approximate surface area is 183 Å². The zero-order valence-corrected chi connectivity index (χ0v) is 18.8. The Bertz CT molecular complexity index is 993. The third-order valence-corrected chi connectivity index (χ3v) is 6.79. The van der Waals surface area contributed by atoms with Crippen molar-refractivity contribution in [3.05, 3.63) is 53.1 Å². The molecule has 1 N–H and O–H groups in total. The van der Waals surface area contributed by atoms with E-state index in [9.17, 15) is 13.2 Å². The van der Waals surface area contributed by atoms with Gasteiger partial charge in [-0.2, -0.15) is 0 Å². The molecular weight excluding hydrogens is 424 g/mol. The van der Waals surface area contributed by atoms with E-state index in [1.165, 1.54) is 18.2 Å². The highest BCUT2D eigenvalue weighted by atomic mass is 35.5. The highest BCUT2D eigenvalue weighted by Crippen LogP contribution is 2.31. The number of benzene rings is 2. The predicted molar refractivity (Wildman–Crippen MR) is 119 cm³/mol. The first-order valence-electron chi connectivity index (χ1n) is 9.95. The van der Waals surface area contributed by atoms with E-state index < -0.39 is 9.84 Å². The molecule has 1 aliphatic heterocycles. The fourth-order valence-corrected chi connectivity index (χ4v) is 4.58. The second kappa shape index (κ2) is 9.81. The van der Waals surface area contributed by atoms with Crippen LogP contribution in [0, 0.1) is 0 Å². The Morgan fingerprint density at radius 3 is 2.57 bits per heavy atom. The van der Waals surface area contributed by atoms with Crippen LogP contribution in [-0.2, 0) is 14.6 Å². The van der Waals surface area contributed by atoms with Crippen molar-refractivity contribution < 1.29 is 17.9 Å². The molecule has 2 aromatic carbocycles. The number of methoxy groups -OCH3 is 1. The van der Waals surface area contributed by atoms with E-state index in [1.807, 2.05) is 24.3 Å². The molecule has 8 heteroatoms. The average molecular weight is 451 g/mol. The number of carbonyl (C=O) groups excluding carboxylic acids is 1. The van der Waals surface area contributed by atoms with E-state index in [0.29, 0.717) is 10.7 Å².